The van der Waals surface area contributed by atoms with Gasteiger partial charge in [0.05, 0.1) is 4.91 Å². The number of aromatic nitrogens is 1. The fourth-order valence-corrected chi connectivity index (χ4v) is 6.84. The van der Waals surface area contributed by atoms with Crippen molar-refractivity contribution in [1.29, 1.82) is 5.26 Å². The van der Waals surface area contributed by atoms with Crippen LogP contribution in [0.15, 0.2) is 64.3 Å². The molecule has 0 radical (unpaired) electrons. The van der Waals surface area contributed by atoms with Crippen LogP contribution in [-0.4, -0.2) is 52.4 Å². The Balaban J connectivity index is 1.50. The van der Waals surface area contributed by atoms with Crippen molar-refractivity contribution in [2.24, 2.45) is 0 Å². The van der Waals surface area contributed by atoms with Gasteiger partial charge in [-0.25, -0.2) is 4.39 Å². The van der Waals surface area contributed by atoms with Crippen molar-refractivity contribution in [3.05, 3.63) is 97.9 Å². The van der Waals surface area contributed by atoms with Gasteiger partial charge in [-0.1, -0.05) is 67.7 Å². The molecule has 43 heavy (non-hydrogen) atoms. The zero-order valence-electron chi connectivity index (χ0n) is 24.4. The van der Waals surface area contributed by atoms with E-state index in [1.807, 2.05) is 36.4 Å². The second-order valence-electron chi connectivity index (χ2n) is 10.7. The van der Waals surface area contributed by atoms with Gasteiger partial charge in [0.2, 0.25) is 0 Å². The van der Waals surface area contributed by atoms with Gasteiger partial charge in [0.25, 0.3) is 11.5 Å². The molecule has 0 atom stereocenters. The lowest BCUT2D eigenvalue weighted by atomic mass is 10.0. The molecule has 10 heteroatoms. The van der Waals surface area contributed by atoms with E-state index in [9.17, 15) is 19.2 Å². The minimum Gasteiger partial charge on any atom is -0.368 e. The maximum absolute atomic E-state index is 13.6. The maximum Gasteiger partial charge on any atom is 0.270 e. The zero-order valence-corrected chi connectivity index (χ0v) is 26.0. The number of nitriles is 1. The summed E-state index contributed by atoms with van der Waals surface area (Å²) in [6, 6.07) is 18.6. The number of carbonyl (C=O) groups excluding carboxylic acids is 1. The molecule has 0 aliphatic carbocycles. The molecule has 222 valence electrons. The molecule has 5 rings (SSSR count). The summed E-state index contributed by atoms with van der Waals surface area (Å²) in [7, 11) is 0. The van der Waals surface area contributed by atoms with Crippen LogP contribution < -0.4 is 15.4 Å². The van der Waals surface area contributed by atoms with Crippen molar-refractivity contribution in [2.75, 3.05) is 42.5 Å². The number of unbranched alkanes of at least 4 members (excludes halogenated alkanes) is 1. The lowest BCUT2D eigenvalue weighted by molar-refractivity contribution is -0.122. The Kier molecular flexibility index (Phi) is 9.63. The van der Waals surface area contributed by atoms with Crippen molar-refractivity contribution < 1.29 is 9.18 Å². The third-order valence-corrected chi connectivity index (χ3v) is 9.35. The van der Waals surface area contributed by atoms with Crippen molar-refractivity contribution in [3.63, 3.8) is 0 Å². The summed E-state index contributed by atoms with van der Waals surface area (Å²) in [6.45, 7) is 7.37. The summed E-state index contributed by atoms with van der Waals surface area (Å²) >= 11 is 6.87. The standard InChI is InChI=1S/C33H34FN5O2S2/c1-3-4-15-38-30(37-19-17-36(18-20-37)26-12-10-25(34)11-13-26)27(23(2)28(22-35)31(38)40)21-29-32(41)39(33(42)43-29)16-14-24-8-6-5-7-9-24/h5-13,21H,3-4,14-20H2,1-2H3/b29-21-. The third-order valence-electron chi connectivity index (χ3n) is 7.97. The van der Waals surface area contributed by atoms with Crippen LogP contribution in [0.1, 0.15) is 42.0 Å². The van der Waals surface area contributed by atoms with E-state index in [1.54, 1.807) is 28.5 Å². The van der Waals surface area contributed by atoms with Crippen molar-refractivity contribution >= 4 is 51.8 Å². The Morgan fingerprint density at radius 1 is 1.00 bits per heavy atom. The van der Waals surface area contributed by atoms with Crippen LogP contribution in [0.5, 0.6) is 0 Å². The fraction of sp³-hybridized carbons (Fsp3) is 0.333. The van der Waals surface area contributed by atoms with E-state index in [2.05, 4.69) is 22.8 Å². The average molecular weight is 616 g/mol. The first-order valence-electron chi connectivity index (χ1n) is 14.5. The predicted octanol–water partition coefficient (Wildman–Crippen LogP) is 5.74. The highest BCUT2D eigenvalue weighted by Crippen LogP contribution is 2.36. The highest BCUT2D eigenvalue weighted by atomic mass is 32.2. The average Bonchev–Trinajstić information content (AvgIpc) is 3.29. The second kappa shape index (κ2) is 13.6. The van der Waals surface area contributed by atoms with Gasteiger partial charge >= 0.3 is 0 Å². The monoisotopic (exact) mass is 615 g/mol. The molecular formula is C33H34FN5O2S2. The first-order chi connectivity index (χ1) is 20.8. The Morgan fingerprint density at radius 2 is 1.67 bits per heavy atom. The number of amides is 1. The van der Waals surface area contributed by atoms with Crippen molar-refractivity contribution in [3.8, 4) is 6.07 Å². The molecule has 0 bridgehead atoms. The molecule has 2 fully saturated rings. The van der Waals surface area contributed by atoms with E-state index in [1.165, 1.54) is 23.9 Å². The van der Waals surface area contributed by atoms with Gasteiger partial charge in [0.15, 0.2) is 0 Å². The number of pyridine rings is 1. The third kappa shape index (κ3) is 6.53. The largest absolute Gasteiger partial charge is 0.368 e. The molecule has 2 aliphatic heterocycles. The molecule has 0 saturated carbocycles. The number of benzene rings is 2. The number of thioether (sulfide) groups is 1. The number of hydrogen-bond donors (Lipinski definition) is 0. The second-order valence-corrected chi connectivity index (χ2v) is 12.4. The van der Waals surface area contributed by atoms with Crippen LogP contribution in [-0.2, 0) is 17.8 Å². The smallest absolute Gasteiger partial charge is 0.270 e. The molecule has 2 aromatic carbocycles. The molecule has 0 spiro atoms. The summed E-state index contributed by atoms with van der Waals surface area (Å²) in [5.74, 6) is 0.288. The number of carbonyl (C=O) groups is 1. The number of nitrogens with zero attached hydrogens (tertiary/aromatic N) is 5. The Bertz CT molecular complexity index is 1640. The van der Waals surface area contributed by atoms with Gasteiger partial charge in [-0.2, -0.15) is 5.26 Å². The molecule has 3 aromatic rings. The highest BCUT2D eigenvalue weighted by molar-refractivity contribution is 8.26. The van der Waals surface area contributed by atoms with E-state index in [0.717, 1.165) is 29.9 Å². The van der Waals surface area contributed by atoms with E-state index < -0.39 is 0 Å². The van der Waals surface area contributed by atoms with Gasteiger partial charge in [-0.05, 0) is 61.2 Å². The first kappa shape index (κ1) is 30.5. The number of halogens is 1. The van der Waals surface area contributed by atoms with Gasteiger partial charge in [0.1, 0.15) is 27.6 Å². The number of thiocarbonyl (C=S) groups is 1. The normalized spacial score (nSPS) is 16.3. The lowest BCUT2D eigenvalue weighted by Crippen LogP contribution is -2.48. The maximum atomic E-state index is 13.6. The van der Waals surface area contributed by atoms with Crippen molar-refractivity contribution in [2.45, 2.75) is 39.7 Å². The van der Waals surface area contributed by atoms with Gasteiger partial charge in [-0.3, -0.25) is 19.1 Å². The zero-order chi connectivity index (χ0) is 30.5. The van der Waals surface area contributed by atoms with E-state index >= 15 is 0 Å². The lowest BCUT2D eigenvalue weighted by Gasteiger charge is -2.39. The molecule has 2 saturated heterocycles. The number of anilines is 2. The van der Waals surface area contributed by atoms with Gasteiger partial charge in [0, 0.05) is 50.5 Å². The van der Waals surface area contributed by atoms with Gasteiger partial charge in [-0.15, -0.1) is 0 Å². The Labute approximate surface area is 261 Å². The number of piperazine rings is 1. The van der Waals surface area contributed by atoms with E-state index in [-0.39, 0.29) is 22.8 Å². The van der Waals surface area contributed by atoms with E-state index in [0.29, 0.717) is 66.0 Å². The van der Waals surface area contributed by atoms with Gasteiger partial charge < -0.3 is 9.80 Å². The SMILES string of the molecule is CCCCn1c(N2CCN(c3ccc(F)cc3)CC2)c(/C=C2\SC(=S)N(CCc3ccccc3)C2=O)c(C)c(C#N)c1=O. The summed E-state index contributed by atoms with van der Waals surface area (Å²) < 4.78 is 15.7. The molecule has 1 aromatic heterocycles. The molecule has 0 N–H and O–H groups in total. The Morgan fingerprint density at radius 3 is 2.33 bits per heavy atom. The topological polar surface area (TPSA) is 72.6 Å². The first-order valence-corrected chi connectivity index (χ1v) is 15.8. The van der Waals surface area contributed by atoms with Crippen LogP contribution in [0.25, 0.3) is 6.08 Å². The molecule has 7 nitrogen and oxygen atoms in total. The fourth-order valence-electron chi connectivity index (χ4n) is 5.55. The number of hydrogen-bond acceptors (Lipinski definition) is 7. The minimum atomic E-state index is -0.308. The molecular weight excluding hydrogens is 582 g/mol. The summed E-state index contributed by atoms with van der Waals surface area (Å²) in [6.07, 6.45) is 4.16. The van der Waals surface area contributed by atoms with Crippen LogP contribution >= 0.6 is 24.0 Å². The molecule has 0 unspecified atom stereocenters. The molecule has 2 aliphatic rings. The van der Waals surface area contributed by atoms with Crippen LogP contribution in [0, 0.1) is 24.1 Å². The molecule has 1 amide bonds. The number of rotatable bonds is 9. The highest BCUT2D eigenvalue weighted by Gasteiger charge is 2.33. The van der Waals surface area contributed by atoms with Crippen molar-refractivity contribution in [1.82, 2.24) is 9.47 Å². The summed E-state index contributed by atoms with van der Waals surface area (Å²) in [5, 5.41) is 10.00. The minimum absolute atomic E-state index is 0.0932. The van der Waals surface area contributed by atoms with Crippen LogP contribution in [0.2, 0.25) is 0 Å². The predicted molar refractivity (Wildman–Crippen MR) is 176 cm³/mol. The molecule has 3 heterocycles. The van der Waals surface area contributed by atoms with Crippen LogP contribution in [0.3, 0.4) is 0 Å². The quantitative estimate of drug-likeness (QED) is 0.225. The van der Waals surface area contributed by atoms with E-state index in [4.69, 9.17) is 12.2 Å². The summed E-state index contributed by atoms with van der Waals surface area (Å²) in [4.78, 5) is 33.7. The summed E-state index contributed by atoms with van der Waals surface area (Å²) in [5.41, 5.74) is 3.12. The Hall–Kier alpha value is -3.94. The van der Waals surface area contributed by atoms with Crippen LogP contribution in [0.4, 0.5) is 15.9 Å².